The van der Waals surface area contributed by atoms with E-state index in [2.05, 4.69) is 14.7 Å². The van der Waals surface area contributed by atoms with Crippen molar-refractivity contribution in [2.24, 2.45) is 0 Å². The summed E-state index contributed by atoms with van der Waals surface area (Å²) < 4.78 is 25.9. The molecule has 0 aliphatic heterocycles. The largest absolute Gasteiger partial charge is 0.345 e. The van der Waals surface area contributed by atoms with Crippen LogP contribution < -0.4 is 4.72 Å². The second-order valence-corrected chi connectivity index (χ2v) is 5.81. The van der Waals surface area contributed by atoms with Crippen molar-refractivity contribution in [2.75, 3.05) is 10.5 Å². The molecule has 2 N–H and O–H groups in total. The zero-order valence-corrected chi connectivity index (χ0v) is 10.9. The fourth-order valence-electron chi connectivity index (χ4n) is 1.66. The predicted octanol–water partition coefficient (Wildman–Crippen LogP) is 2.23. The molecule has 0 atom stereocenters. The van der Waals surface area contributed by atoms with E-state index in [1.165, 1.54) is 0 Å². The highest BCUT2D eigenvalue weighted by atomic mass is 32.2. The molecule has 0 spiro atoms. The van der Waals surface area contributed by atoms with Crippen LogP contribution in [0.5, 0.6) is 0 Å². The van der Waals surface area contributed by atoms with Crippen molar-refractivity contribution in [1.29, 1.82) is 0 Å². The summed E-state index contributed by atoms with van der Waals surface area (Å²) in [6, 6.07) is 7.21. The SMILES string of the molecule is CCCS(=O)(=O)Nc1cccc(-c2cnc[nH]2)c1. The fraction of sp³-hybridized carbons (Fsp3) is 0.250. The molecule has 96 valence electrons. The Morgan fingerprint density at radius 3 is 2.89 bits per heavy atom. The summed E-state index contributed by atoms with van der Waals surface area (Å²) in [6.45, 7) is 1.83. The highest BCUT2D eigenvalue weighted by molar-refractivity contribution is 7.92. The number of nitrogens with zero attached hydrogens (tertiary/aromatic N) is 1. The molecule has 0 radical (unpaired) electrons. The van der Waals surface area contributed by atoms with Crippen LogP contribution in [0.25, 0.3) is 11.3 Å². The van der Waals surface area contributed by atoms with Gasteiger partial charge in [-0.1, -0.05) is 19.1 Å². The van der Waals surface area contributed by atoms with Gasteiger partial charge >= 0.3 is 0 Å². The van der Waals surface area contributed by atoms with Crippen LogP contribution in [0.2, 0.25) is 0 Å². The van der Waals surface area contributed by atoms with E-state index in [4.69, 9.17) is 0 Å². The highest BCUT2D eigenvalue weighted by Crippen LogP contribution is 2.20. The van der Waals surface area contributed by atoms with Gasteiger partial charge in [0.25, 0.3) is 0 Å². The first-order valence-corrected chi connectivity index (χ1v) is 7.35. The van der Waals surface area contributed by atoms with Crippen LogP contribution >= 0.6 is 0 Å². The van der Waals surface area contributed by atoms with Gasteiger partial charge in [-0.15, -0.1) is 0 Å². The molecule has 1 aromatic carbocycles. The van der Waals surface area contributed by atoms with E-state index in [-0.39, 0.29) is 5.75 Å². The molecular weight excluding hydrogens is 250 g/mol. The van der Waals surface area contributed by atoms with Crippen LogP contribution in [-0.2, 0) is 10.0 Å². The summed E-state index contributed by atoms with van der Waals surface area (Å²) in [5.41, 5.74) is 2.31. The van der Waals surface area contributed by atoms with Crippen molar-refractivity contribution in [3.63, 3.8) is 0 Å². The van der Waals surface area contributed by atoms with Crippen LogP contribution in [0.15, 0.2) is 36.8 Å². The Labute approximate surface area is 106 Å². The minimum Gasteiger partial charge on any atom is -0.345 e. The molecule has 0 fully saturated rings. The van der Waals surface area contributed by atoms with Crippen molar-refractivity contribution >= 4 is 15.7 Å². The van der Waals surface area contributed by atoms with E-state index >= 15 is 0 Å². The zero-order chi connectivity index (χ0) is 13.0. The van der Waals surface area contributed by atoms with E-state index in [0.717, 1.165) is 11.3 Å². The summed E-state index contributed by atoms with van der Waals surface area (Å²) in [4.78, 5) is 6.92. The van der Waals surface area contributed by atoms with Gasteiger partial charge < -0.3 is 4.98 Å². The van der Waals surface area contributed by atoms with E-state index in [0.29, 0.717) is 12.1 Å². The number of imidazole rings is 1. The maximum Gasteiger partial charge on any atom is 0.232 e. The number of anilines is 1. The highest BCUT2D eigenvalue weighted by Gasteiger charge is 2.09. The molecule has 0 aliphatic carbocycles. The molecule has 0 aliphatic rings. The molecule has 0 amide bonds. The summed E-state index contributed by atoms with van der Waals surface area (Å²) in [5.74, 6) is 0.126. The normalized spacial score (nSPS) is 11.4. The number of hydrogen-bond donors (Lipinski definition) is 2. The smallest absolute Gasteiger partial charge is 0.232 e. The van der Waals surface area contributed by atoms with Gasteiger partial charge in [-0.3, -0.25) is 4.72 Å². The summed E-state index contributed by atoms with van der Waals surface area (Å²) in [7, 11) is -3.25. The molecule has 0 saturated carbocycles. The van der Waals surface area contributed by atoms with Crippen LogP contribution in [0.3, 0.4) is 0 Å². The average molecular weight is 265 g/mol. The van der Waals surface area contributed by atoms with Gasteiger partial charge in [0.2, 0.25) is 10.0 Å². The van der Waals surface area contributed by atoms with Crippen molar-refractivity contribution < 1.29 is 8.42 Å². The Balaban J connectivity index is 2.23. The summed E-state index contributed by atoms with van der Waals surface area (Å²) >= 11 is 0. The minimum atomic E-state index is -3.25. The topological polar surface area (TPSA) is 74.8 Å². The molecular formula is C12H15N3O2S. The van der Waals surface area contributed by atoms with E-state index in [1.54, 1.807) is 30.7 Å². The minimum absolute atomic E-state index is 0.126. The van der Waals surface area contributed by atoms with Crippen molar-refractivity contribution in [3.05, 3.63) is 36.8 Å². The fourth-order valence-corrected chi connectivity index (χ4v) is 2.79. The van der Waals surface area contributed by atoms with E-state index < -0.39 is 10.0 Å². The first kappa shape index (κ1) is 12.6. The molecule has 0 unspecified atom stereocenters. The maximum absolute atomic E-state index is 11.7. The Kier molecular flexibility index (Phi) is 3.66. The second kappa shape index (κ2) is 5.22. The molecule has 0 bridgehead atoms. The number of aromatic nitrogens is 2. The number of H-pyrrole nitrogens is 1. The third kappa shape index (κ3) is 3.10. The number of benzene rings is 1. The van der Waals surface area contributed by atoms with Crippen LogP contribution in [0.4, 0.5) is 5.69 Å². The standard InChI is InChI=1S/C12H15N3O2S/c1-2-6-18(16,17)15-11-5-3-4-10(7-11)12-8-13-9-14-12/h3-5,7-9,15H,2,6H2,1H3,(H,13,14). The lowest BCUT2D eigenvalue weighted by molar-refractivity contribution is 0.600. The van der Waals surface area contributed by atoms with Gasteiger partial charge in [0, 0.05) is 11.3 Å². The van der Waals surface area contributed by atoms with Gasteiger partial charge in [-0.2, -0.15) is 0 Å². The monoisotopic (exact) mass is 265 g/mol. The zero-order valence-electron chi connectivity index (χ0n) is 10.1. The predicted molar refractivity (Wildman–Crippen MR) is 71.7 cm³/mol. The first-order valence-electron chi connectivity index (χ1n) is 5.70. The van der Waals surface area contributed by atoms with Crippen molar-refractivity contribution in [2.45, 2.75) is 13.3 Å². The second-order valence-electron chi connectivity index (χ2n) is 3.97. The third-order valence-corrected chi connectivity index (χ3v) is 3.91. The molecule has 2 aromatic rings. The molecule has 1 aromatic heterocycles. The quantitative estimate of drug-likeness (QED) is 0.870. The third-order valence-electron chi connectivity index (χ3n) is 2.42. The van der Waals surface area contributed by atoms with Crippen molar-refractivity contribution in [1.82, 2.24) is 9.97 Å². The molecule has 2 rings (SSSR count). The number of aromatic amines is 1. The lowest BCUT2D eigenvalue weighted by atomic mass is 10.1. The van der Waals surface area contributed by atoms with Crippen molar-refractivity contribution in [3.8, 4) is 11.3 Å². The Bertz CT molecular complexity index is 606. The summed E-state index contributed by atoms with van der Waals surface area (Å²) in [5, 5.41) is 0. The van der Waals surface area contributed by atoms with Gasteiger partial charge in [0.05, 0.1) is 24.0 Å². The molecule has 1 heterocycles. The van der Waals surface area contributed by atoms with Gasteiger partial charge in [-0.05, 0) is 18.6 Å². The van der Waals surface area contributed by atoms with Crippen LogP contribution in [0, 0.1) is 0 Å². The molecule has 6 heteroatoms. The van der Waals surface area contributed by atoms with Crippen LogP contribution in [0.1, 0.15) is 13.3 Å². The molecule has 5 nitrogen and oxygen atoms in total. The Hall–Kier alpha value is -1.82. The lowest BCUT2D eigenvalue weighted by Gasteiger charge is -2.08. The summed E-state index contributed by atoms with van der Waals surface area (Å²) in [6.07, 6.45) is 3.87. The Morgan fingerprint density at radius 1 is 1.39 bits per heavy atom. The van der Waals surface area contributed by atoms with Crippen LogP contribution in [-0.4, -0.2) is 24.1 Å². The number of nitrogens with one attached hydrogen (secondary N) is 2. The van der Waals surface area contributed by atoms with Gasteiger partial charge in [0.15, 0.2) is 0 Å². The van der Waals surface area contributed by atoms with Gasteiger partial charge in [0.1, 0.15) is 0 Å². The van der Waals surface area contributed by atoms with E-state index in [1.807, 2.05) is 13.0 Å². The van der Waals surface area contributed by atoms with E-state index in [9.17, 15) is 8.42 Å². The average Bonchev–Trinajstić information content (AvgIpc) is 2.81. The molecule has 18 heavy (non-hydrogen) atoms. The maximum atomic E-state index is 11.7. The molecule has 0 saturated heterocycles. The lowest BCUT2D eigenvalue weighted by Crippen LogP contribution is -2.15. The van der Waals surface area contributed by atoms with Gasteiger partial charge in [-0.25, -0.2) is 13.4 Å². The number of rotatable bonds is 5. The Morgan fingerprint density at radius 2 is 2.22 bits per heavy atom. The number of sulfonamides is 1. The number of hydrogen-bond acceptors (Lipinski definition) is 3. The first-order chi connectivity index (χ1) is 8.61.